The van der Waals surface area contributed by atoms with Gasteiger partial charge >= 0.3 is 0 Å². The van der Waals surface area contributed by atoms with E-state index in [0.717, 1.165) is 24.5 Å². The fourth-order valence-electron chi connectivity index (χ4n) is 2.44. The van der Waals surface area contributed by atoms with Gasteiger partial charge in [-0.1, -0.05) is 41.9 Å². The third-order valence-electron chi connectivity index (χ3n) is 3.46. The Labute approximate surface area is 140 Å². The summed E-state index contributed by atoms with van der Waals surface area (Å²) in [5, 5.41) is 5.57. The smallest absolute Gasteiger partial charge is 0.0456 e. The average Bonchev–Trinajstić information content (AvgIpc) is 2.87. The van der Waals surface area contributed by atoms with Gasteiger partial charge in [-0.3, -0.25) is 0 Å². The number of fused-ring (bicyclic) bond motifs is 1. The summed E-state index contributed by atoms with van der Waals surface area (Å²) < 4.78 is 0. The number of rotatable bonds is 5. The maximum absolute atomic E-state index is 5.97. The van der Waals surface area contributed by atoms with Gasteiger partial charge in [0.25, 0.3) is 0 Å². The Hall–Kier alpha value is -1.29. The van der Waals surface area contributed by atoms with Crippen molar-refractivity contribution < 1.29 is 0 Å². The Morgan fingerprint density at radius 1 is 1.05 bits per heavy atom. The van der Waals surface area contributed by atoms with Crippen molar-refractivity contribution in [1.29, 1.82) is 0 Å². The Morgan fingerprint density at radius 2 is 1.90 bits per heavy atom. The highest BCUT2D eigenvalue weighted by molar-refractivity contribution is 8.93. The zero-order valence-corrected chi connectivity index (χ0v) is 14.1. The molecule has 0 aliphatic carbocycles. The summed E-state index contributed by atoms with van der Waals surface area (Å²) in [6.45, 7) is 1.80. The zero-order valence-electron chi connectivity index (χ0n) is 11.6. The normalized spacial score (nSPS) is 10.5. The molecule has 3 aromatic rings. The monoisotopic (exact) mass is 364 g/mol. The fourth-order valence-corrected chi connectivity index (χ4v) is 2.65. The second kappa shape index (κ2) is 7.64. The molecule has 4 heteroatoms. The summed E-state index contributed by atoms with van der Waals surface area (Å²) in [5.74, 6) is 0. The van der Waals surface area contributed by atoms with Gasteiger partial charge in [0.05, 0.1) is 0 Å². The highest BCUT2D eigenvalue weighted by Gasteiger charge is 2.02. The molecular weight excluding hydrogens is 348 g/mol. The maximum Gasteiger partial charge on any atom is 0.0456 e. The van der Waals surface area contributed by atoms with Gasteiger partial charge in [0.15, 0.2) is 0 Å². The molecule has 1 aromatic heterocycles. The van der Waals surface area contributed by atoms with Gasteiger partial charge in [0.2, 0.25) is 0 Å². The SMILES string of the molecule is Br.Clc1cccc(CNCCc2c[nH]c3ccccc23)c1. The van der Waals surface area contributed by atoms with E-state index in [-0.39, 0.29) is 17.0 Å². The summed E-state index contributed by atoms with van der Waals surface area (Å²) in [6.07, 6.45) is 3.12. The number of benzene rings is 2. The topological polar surface area (TPSA) is 27.8 Å². The van der Waals surface area contributed by atoms with Crippen LogP contribution in [0.4, 0.5) is 0 Å². The van der Waals surface area contributed by atoms with Crippen LogP contribution in [0.15, 0.2) is 54.7 Å². The minimum Gasteiger partial charge on any atom is -0.361 e. The second-order valence-corrected chi connectivity index (χ2v) is 5.35. The van der Waals surface area contributed by atoms with Crippen molar-refractivity contribution in [3.8, 4) is 0 Å². The summed E-state index contributed by atoms with van der Waals surface area (Å²) in [6, 6.07) is 16.4. The van der Waals surface area contributed by atoms with Crippen molar-refractivity contribution in [2.45, 2.75) is 13.0 Å². The van der Waals surface area contributed by atoms with Crippen LogP contribution >= 0.6 is 28.6 Å². The van der Waals surface area contributed by atoms with Crippen LogP contribution in [0.3, 0.4) is 0 Å². The first-order valence-electron chi connectivity index (χ1n) is 6.83. The number of hydrogen-bond donors (Lipinski definition) is 2. The molecule has 0 saturated heterocycles. The molecule has 0 bridgehead atoms. The van der Waals surface area contributed by atoms with Gasteiger partial charge in [-0.2, -0.15) is 0 Å². The molecule has 21 heavy (non-hydrogen) atoms. The lowest BCUT2D eigenvalue weighted by Gasteiger charge is -2.05. The van der Waals surface area contributed by atoms with E-state index in [9.17, 15) is 0 Å². The lowest BCUT2D eigenvalue weighted by Crippen LogP contribution is -2.16. The first-order chi connectivity index (χ1) is 9.83. The molecule has 1 heterocycles. The number of para-hydroxylation sites is 1. The van der Waals surface area contributed by atoms with E-state index in [4.69, 9.17) is 11.6 Å². The first-order valence-corrected chi connectivity index (χ1v) is 7.21. The van der Waals surface area contributed by atoms with E-state index >= 15 is 0 Å². The average molecular weight is 366 g/mol. The third kappa shape index (κ3) is 4.10. The first kappa shape index (κ1) is 16.1. The van der Waals surface area contributed by atoms with Crippen molar-refractivity contribution in [1.82, 2.24) is 10.3 Å². The van der Waals surface area contributed by atoms with Crippen LogP contribution < -0.4 is 5.32 Å². The van der Waals surface area contributed by atoms with Gasteiger partial charge in [0.1, 0.15) is 0 Å². The summed E-state index contributed by atoms with van der Waals surface area (Å²) >= 11 is 5.97. The molecule has 0 aliphatic rings. The standard InChI is InChI=1S/C17H17ClN2.BrH/c18-15-5-3-4-13(10-15)11-19-9-8-14-12-20-17-7-2-1-6-16(14)17;/h1-7,10,12,19-20H,8-9,11H2;1H. The van der Waals surface area contributed by atoms with Crippen LogP contribution in [-0.4, -0.2) is 11.5 Å². The van der Waals surface area contributed by atoms with E-state index in [2.05, 4.69) is 46.8 Å². The molecule has 0 fully saturated rings. The number of nitrogens with one attached hydrogen (secondary N) is 2. The van der Waals surface area contributed by atoms with Crippen LogP contribution in [0.2, 0.25) is 5.02 Å². The number of halogens is 2. The highest BCUT2D eigenvalue weighted by atomic mass is 79.9. The Kier molecular flexibility index (Phi) is 5.85. The van der Waals surface area contributed by atoms with Crippen LogP contribution in [0.5, 0.6) is 0 Å². The molecule has 3 rings (SSSR count). The van der Waals surface area contributed by atoms with Gasteiger partial charge in [-0.25, -0.2) is 0 Å². The number of aromatic amines is 1. The molecule has 2 N–H and O–H groups in total. The van der Waals surface area contributed by atoms with Gasteiger partial charge < -0.3 is 10.3 Å². The number of hydrogen-bond acceptors (Lipinski definition) is 1. The van der Waals surface area contributed by atoms with E-state index in [1.54, 1.807) is 0 Å². The Morgan fingerprint density at radius 3 is 2.76 bits per heavy atom. The Bertz CT molecular complexity index is 709. The van der Waals surface area contributed by atoms with Crippen LogP contribution in [0.1, 0.15) is 11.1 Å². The van der Waals surface area contributed by atoms with E-state index in [0.29, 0.717) is 0 Å². The molecule has 0 spiro atoms. The van der Waals surface area contributed by atoms with Gasteiger partial charge in [0, 0.05) is 28.7 Å². The molecule has 0 atom stereocenters. The minimum atomic E-state index is 0. The summed E-state index contributed by atoms with van der Waals surface area (Å²) in [4.78, 5) is 3.31. The lowest BCUT2D eigenvalue weighted by atomic mass is 10.1. The molecule has 0 amide bonds. The van der Waals surface area contributed by atoms with Crippen molar-refractivity contribution >= 4 is 39.5 Å². The predicted octanol–water partition coefficient (Wildman–Crippen LogP) is 4.73. The van der Waals surface area contributed by atoms with Crippen LogP contribution in [-0.2, 0) is 13.0 Å². The minimum absolute atomic E-state index is 0. The van der Waals surface area contributed by atoms with Crippen molar-refractivity contribution in [3.63, 3.8) is 0 Å². The van der Waals surface area contributed by atoms with Crippen molar-refractivity contribution in [2.24, 2.45) is 0 Å². The molecule has 0 unspecified atom stereocenters. The zero-order chi connectivity index (χ0) is 13.8. The summed E-state index contributed by atoms with van der Waals surface area (Å²) in [5.41, 5.74) is 3.79. The molecule has 110 valence electrons. The number of aromatic nitrogens is 1. The largest absolute Gasteiger partial charge is 0.361 e. The predicted molar refractivity (Wildman–Crippen MR) is 95.5 cm³/mol. The molecule has 0 aliphatic heterocycles. The highest BCUT2D eigenvalue weighted by Crippen LogP contribution is 2.17. The van der Waals surface area contributed by atoms with Crippen LogP contribution in [0, 0.1) is 0 Å². The Balaban J connectivity index is 0.00000161. The van der Waals surface area contributed by atoms with E-state index < -0.39 is 0 Å². The second-order valence-electron chi connectivity index (χ2n) is 4.92. The molecule has 0 radical (unpaired) electrons. The van der Waals surface area contributed by atoms with Gasteiger partial charge in [-0.05, 0) is 42.3 Å². The van der Waals surface area contributed by atoms with E-state index in [1.807, 2.05) is 18.2 Å². The maximum atomic E-state index is 5.97. The third-order valence-corrected chi connectivity index (χ3v) is 3.70. The molecule has 0 saturated carbocycles. The van der Waals surface area contributed by atoms with Crippen LogP contribution in [0.25, 0.3) is 10.9 Å². The molecular formula is C17H18BrClN2. The molecule has 2 nitrogen and oxygen atoms in total. The van der Waals surface area contributed by atoms with E-state index in [1.165, 1.54) is 22.0 Å². The fraction of sp³-hybridized carbons (Fsp3) is 0.176. The number of H-pyrrole nitrogens is 1. The quantitative estimate of drug-likeness (QED) is 0.628. The molecule has 2 aromatic carbocycles. The van der Waals surface area contributed by atoms with Crippen molar-refractivity contribution in [2.75, 3.05) is 6.54 Å². The van der Waals surface area contributed by atoms with Crippen molar-refractivity contribution in [3.05, 3.63) is 70.9 Å². The summed E-state index contributed by atoms with van der Waals surface area (Å²) in [7, 11) is 0. The van der Waals surface area contributed by atoms with Gasteiger partial charge in [-0.15, -0.1) is 17.0 Å². The lowest BCUT2D eigenvalue weighted by molar-refractivity contribution is 0.688.